The van der Waals surface area contributed by atoms with Gasteiger partial charge >= 0.3 is 0 Å². The van der Waals surface area contributed by atoms with E-state index < -0.39 is 0 Å². The molecule has 0 radical (unpaired) electrons. The third-order valence-corrected chi connectivity index (χ3v) is 3.66. The Bertz CT molecular complexity index is 316. The van der Waals surface area contributed by atoms with Crippen molar-refractivity contribution in [2.75, 3.05) is 18.6 Å². The summed E-state index contributed by atoms with van der Waals surface area (Å²) in [7, 11) is 0. The molecule has 0 aliphatic carbocycles. The maximum atomic E-state index is 3.64. The van der Waals surface area contributed by atoms with Crippen LogP contribution in [0.5, 0.6) is 0 Å². The normalized spacial score (nSPS) is 13.6. The minimum absolute atomic E-state index is 0.217. The third-order valence-electron chi connectivity index (χ3n) is 3.02. The van der Waals surface area contributed by atoms with E-state index in [1.165, 1.54) is 24.2 Å². The molecule has 1 nitrogen and oxygen atoms in total. The zero-order chi connectivity index (χ0) is 13.4. The van der Waals surface area contributed by atoms with Crippen molar-refractivity contribution >= 4 is 11.8 Å². The molecule has 0 saturated heterocycles. The van der Waals surface area contributed by atoms with E-state index in [0.29, 0.717) is 0 Å². The molecule has 0 fully saturated rings. The van der Waals surface area contributed by atoms with Crippen molar-refractivity contribution in [3.05, 3.63) is 35.9 Å². The second-order valence-corrected chi connectivity index (χ2v) is 6.95. The van der Waals surface area contributed by atoms with Crippen molar-refractivity contribution < 1.29 is 0 Å². The number of nitrogens with one attached hydrogen (secondary N) is 1. The van der Waals surface area contributed by atoms with E-state index in [-0.39, 0.29) is 5.54 Å². The molecular formula is C16H27NS. The van der Waals surface area contributed by atoms with Crippen LogP contribution >= 0.6 is 11.8 Å². The standard InChI is InChI=1S/C16H27NS/c1-16(2,3)17-13-15(10-11-18-4)12-14-8-6-5-7-9-14/h5-9,15,17H,10-13H2,1-4H3. The van der Waals surface area contributed by atoms with Gasteiger partial charge in [-0.3, -0.25) is 0 Å². The van der Waals surface area contributed by atoms with Gasteiger partial charge in [0.2, 0.25) is 0 Å². The van der Waals surface area contributed by atoms with Gasteiger partial charge in [-0.15, -0.1) is 0 Å². The number of rotatable bonds is 7. The first-order valence-corrected chi connectivity index (χ1v) is 8.18. The van der Waals surface area contributed by atoms with Crippen LogP contribution < -0.4 is 5.32 Å². The molecule has 0 heterocycles. The van der Waals surface area contributed by atoms with Gasteiger partial charge in [-0.1, -0.05) is 30.3 Å². The van der Waals surface area contributed by atoms with Crippen molar-refractivity contribution in [1.82, 2.24) is 5.32 Å². The number of thioether (sulfide) groups is 1. The van der Waals surface area contributed by atoms with Crippen molar-refractivity contribution in [2.24, 2.45) is 5.92 Å². The van der Waals surface area contributed by atoms with E-state index in [9.17, 15) is 0 Å². The summed E-state index contributed by atoms with van der Waals surface area (Å²) in [5, 5.41) is 3.64. The first-order chi connectivity index (χ1) is 8.51. The minimum Gasteiger partial charge on any atom is -0.312 e. The summed E-state index contributed by atoms with van der Waals surface area (Å²) in [6, 6.07) is 10.8. The second-order valence-electron chi connectivity index (χ2n) is 5.97. The number of hydrogen-bond donors (Lipinski definition) is 1. The van der Waals surface area contributed by atoms with E-state index >= 15 is 0 Å². The Hall–Kier alpha value is -0.470. The predicted molar refractivity (Wildman–Crippen MR) is 84.4 cm³/mol. The fourth-order valence-corrected chi connectivity index (χ4v) is 2.53. The van der Waals surface area contributed by atoms with Crippen LogP contribution in [0.25, 0.3) is 0 Å². The van der Waals surface area contributed by atoms with Gasteiger partial charge in [-0.05, 0) is 63.6 Å². The van der Waals surface area contributed by atoms with Crippen LogP contribution in [0.2, 0.25) is 0 Å². The predicted octanol–water partition coefficient (Wildman–Crippen LogP) is 3.99. The highest BCUT2D eigenvalue weighted by molar-refractivity contribution is 7.98. The summed E-state index contributed by atoms with van der Waals surface area (Å²) in [4.78, 5) is 0. The molecule has 18 heavy (non-hydrogen) atoms. The van der Waals surface area contributed by atoms with Crippen molar-refractivity contribution in [3.63, 3.8) is 0 Å². The Morgan fingerprint density at radius 3 is 2.39 bits per heavy atom. The fraction of sp³-hybridized carbons (Fsp3) is 0.625. The topological polar surface area (TPSA) is 12.0 Å². The fourth-order valence-electron chi connectivity index (χ4n) is 1.96. The van der Waals surface area contributed by atoms with Crippen LogP contribution in [0.15, 0.2) is 30.3 Å². The van der Waals surface area contributed by atoms with E-state index in [1.807, 2.05) is 11.8 Å². The van der Waals surface area contributed by atoms with Crippen molar-refractivity contribution in [2.45, 2.75) is 39.2 Å². The molecule has 0 amide bonds. The molecule has 1 unspecified atom stereocenters. The first-order valence-electron chi connectivity index (χ1n) is 6.79. The van der Waals surface area contributed by atoms with Crippen LogP contribution in [0, 0.1) is 5.92 Å². The molecule has 1 rings (SSSR count). The summed E-state index contributed by atoms with van der Waals surface area (Å²) in [5.74, 6) is 1.99. The van der Waals surface area contributed by atoms with E-state index in [0.717, 1.165) is 12.5 Å². The minimum atomic E-state index is 0.217. The van der Waals surface area contributed by atoms with Crippen LogP contribution in [-0.4, -0.2) is 24.1 Å². The number of benzene rings is 1. The smallest absolute Gasteiger partial charge is 0.00966 e. The summed E-state index contributed by atoms with van der Waals surface area (Å²) in [6.07, 6.45) is 4.67. The van der Waals surface area contributed by atoms with Crippen molar-refractivity contribution in [3.8, 4) is 0 Å². The lowest BCUT2D eigenvalue weighted by Gasteiger charge is -2.25. The average Bonchev–Trinajstić information content (AvgIpc) is 2.33. The van der Waals surface area contributed by atoms with Gasteiger partial charge in [-0.2, -0.15) is 11.8 Å². The lowest BCUT2D eigenvalue weighted by molar-refractivity contribution is 0.364. The molecule has 0 aliphatic heterocycles. The van der Waals surface area contributed by atoms with Gasteiger partial charge in [0, 0.05) is 5.54 Å². The van der Waals surface area contributed by atoms with Gasteiger partial charge in [0.05, 0.1) is 0 Å². The molecule has 0 spiro atoms. The Morgan fingerprint density at radius 1 is 1.17 bits per heavy atom. The second kappa shape index (κ2) is 7.85. The summed E-state index contributed by atoms with van der Waals surface area (Å²) >= 11 is 1.95. The average molecular weight is 265 g/mol. The van der Waals surface area contributed by atoms with Crippen LogP contribution in [0.4, 0.5) is 0 Å². The molecule has 1 N–H and O–H groups in total. The van der Waals surface area contributed by atoms with Gasteiger partial charge in [0.1, 0.15) is 0 Å². The largest absolute Gasteiger partial charge is 0.312 e. The Morgan fingerprint density at radius 2 is 1.83 bits per heavy atom. The van der Waals surface area contributed by atoms with E-state index in [1.54, 1.807) is 0 Å². The van der Waals surface area contributed by atoms with Crippen LogP contribution in [0.3, 0.4) is 0 Å². The van der Waals surface area contributed by atoms with Gasteiger partial charge in [0.25, 0.3) is 0 Å². The molecule has 1 aromatic carbocycles. The molecule has 2 heteroatoms. The lowest BCUT2D eigenvalue weighted by Crippen LogP contribution is -2.39. The number of hydrogen-bond acceptors (Lipinski definition) is 2. The maximum Gasteiger partial charge on any atom is 0.00966 e. The monoisotopic (exact) mass is 265 g/mol. The molecule has 0 aliphatic rings. The zero-order valence-electron chi connectivity index (χ0n) is 12.2. The van der Waals surface area contributed by atoms with Crippen molar-refractivity contribution in [1.29, 1.82) is 0 Å². The lowest BCUT2D eigenvalue weighted by atomic mass is 9.95. The van der Waals surface area contributed by atoms with Crippen LogP contribution in [-0.2, 0) is 6.42 Å². The molecule has 0 aromatic heterocycles. The molecule has 0 bridgehead atoms. The summed E-state index contributed by atoms with van der Waals surface area (Å²) < 4.78 is 0. The molecule has 1 atom stereocenters. The van der Waals surface area contributed by atoms with Gasteiger partial charge in [0.15, 0.2) is 0 Å². The maximum absolute atomic E-state index is 3.64. The Balaban J connectivity index is 2.50. The first kappa shape index (κ1) is 15.6. The zero-order valence-corrected chi connectivity index (χ0v) is 13.0. The molecular weight excluding hydrogens is 238 g/mol. The SMILES string of the molecule is CSCCC(CNC(C)(C)C)Cc1ccccc1. The quantitative estimate of drug-likeness (QED) is 0.800. The van der Waals surface area contributed by atoms with Gasteiger partial charge in [-0.25, -0.2) is 0 Å². The molecule has 1 aromatic rings. The highest BCUT2D eigenvalue weighted by Crippen LogP contribution is 2.15. The van der Waals surface area contributed by atoms with E-state index in [4.69, 9.17) is 0 Å². The third kappa shape index (κ3) is 7.07. The molecule has 102 valence electrons. The Labute approximate surface area is 117 Å². The highest BCUT2D eigenvalue weighted by Gasteiger charge is 2.14. The van der Waals surface area contributed by atoms with Gasteiger partial charge < -0.3 is 5.32 Å². The van der Waals surface area contributed by atoms with Crippen LogP contribution in [0.1, 0.15) is 32.8 Å². The summed E-state index contributed by atoms with van der Waals surface area (Å²) in [6.45, 7) is 7.82. The molecule has 0 saturated carbocycles. The van der Waals surface area contributed by atoms with E-state index in [2.05, 4.69) is 62.7 Å². The highest BCUT2D eigenvalue weighted by atomic mass is 32.2. The Kier molecular flexibility index (Phi) is 6.80. The summed E-state index contributed by atoms with van der Waals surface area (Å²) in [5.41, 5.74) is 1.67.